The van der Waals surface area contributed by atoms with Crippen molar-refractivity contribution >= 4 is 5.69 Å². The van der Waals surface area contributed by atoms with E-state index in [9.17, 15) is 10.1 Å². The molecule has 1 saturated carbocycles. The monoisotopic (exact) mass is 278 g/mol. The molecule has 1 aromatic carbocycles. The van der Waals surface area contributed by atoms with Gasteiger partial charge < -0.3 is 10.1 Å². The van der Waals surface area contributed by atoms with Crippen LogP contribution in [0, 0.1) is 22.0 Å². The largest absolute Gasteiger partial charge is 0.490 e. The van der Waals surface area contributed by atoms with Crippen LogP contribution < -0.4 is 10.1 Å². The Hall–Kier alpha value is -1.62. The van der Waals surface area contributed by atoms with Crippen LogP contribution in [-0.2, 0) is 6.54 Å². The maximum Gasteiger partial charge on any atom is 0.311 e. The molecule has 110 valence electrons. The lowest BCUT2D eigenvalue weighted by Gasteiger charge is -2.16. The molecule has 2 rings (SSSR count). The van der Waals surface area contributed by atoms with Gasteiger partial charge in [0.25, 0.3) is 0 Å². The molecule has 5 nitrogen and oxygen atoms in total. The highest BCUT2D eigenvalue weighted by Crippen LogP contribution is 2.31. The van der Waals surface area contributed by atoms with Crippen molar-refractivity contribution in [3.63, 3.8) is 0 Å². The summed E-state index contributed by atoms with van der Waals surface area (Å²) in [6, 6.07) is 5.12. The third kappa shape index (κ3) is 3.48. The Labute approximate surface area is 119 Å². The molecule has 20 heavy (non-hydrogen) atoms. The minimum Gasteiger partial charge on any atom is -0.490 e. The zero-order valence-corrected chi connectivity index (χ0v) is 12.1. The summed E-state index contributed by atoms with van der Waals surface area (Å²) in [5.74, 6) is 1.83. The first-order valence-electron chi connectivity index (χ1n) is 7.14. The number of nitro benzene ring substituents is 1. The Bertz CT molecular complexity index is 476. The fourth-order valence-corrected chi connectivity index (χ4v) is 2.92. The summed E-state index contributed by atoms with van der Waals surface area (Å²) in [5, 5.41) is 14.4. The number of nitro groups is 1. The zero-order chi connectivity index (χ0) is 14.5. The van der Waals surface area contributed by atoms with Gasteiger partial charge in [0.15, 0.2) is 5.75 Å². The Morgan fingerprint density at radius 3 is 2.85 bits per heavy atom. The Morgan fingerprint density at radius 2 is 2.25 bits per heavy atom. The van der Waals surface area contributed by atoms with Gasteiger partial charge in [-0.3, -0.25) is 10.1 Å². The molecule has 2 unspecified atom stereocenters. The molecule has 0 spiro atoms. The van der Waals surface area contributed by atoms with Crippen LogP contribution in [0.15, 0.2) is 18.2 Å². The third-order valence-corrected chi connectivity index (χ3v) is 4.21. The van der Waals surface area contributed by atoms with Crippen LogP contribution in [0.25, 0.3) is 0 Å². The van der Waals surface area contributed by atoms with E-state index in [4.69, 9.17) is 4.74 Å². The van der Waals surface area contributed by atoms with Crippen molar-refractivity contribution in [2.75, 3.05) is 13.7 Å². The standard InChI is InChI=1S/C15H22N2O3/c1-11-4-3-5-13(11)10-16-9-12-6-7-15(20-2)14(8-12)17(18)19/h6-8,11,13,16H,3-5,9-10H2,1-2H3. The van der Waals surface area contributed by atoms with Crippen molar-refractivity contribution in [3.05, 3.63) is 33.9 Å². The van der Waals surface area contributed by atoms with Crippen LogP contribution in [0.3, 0.4) is 0 Å². The summed E-state index contributed by atoms with van der Waals surface area (Å²) in [7, 11) is 1.45. The minimum absolute atomic E-state index is 0.0287. The van der Waals surface area contributed by atoms with Gasteiger partial charge in [0, 0.05) is 12.6 Å². The van der Waals surface area contributed by atoms with Crippen LogP contribution in [0.5, 0.6) is 5.75 Å². The zero-order valence-electron chi connectivity index (χ0n) is 12.1. The molecule has 1 fully saturated rings. The maximum absolute atomic E-state index is 11.0. The van der Waals surface area contributed by atoms with Crippen molar-refractivity contribution in [2.24, 2.45) is 11.8 Å². The summed E-state index contributed by atoms with van der Waals surface area (Å²) in [5.41, 5.74) is 0.948. The van der Waals surface area contributed by atoms with Gasteiger partial charge in [0.2, 0.25) is 0 Å². The summed E-state index contributed by atoms with van der Waals surface area (Å²) in [6.45, 7) is 3.95. The van der Waals surface area contributed by atoms with Gasteiger partial charge in [-0.2, -0.15) is 0 Å². The van der Waals surface area contributed by atoms with Crippen LogP contribution >= 0.6 is 0 Å². The number of nitrogens with zero attached hydrogens (tertiary/aromatic N) is 1. The smallest absolute Gasteiger partial charge is 0.311 e. The van der Waals surface area contributed by atoms with E-state index in [1.54, 1.807) is 12.1 Å². The summed E-state index contributed by atoms with van der Waals surface area (Å²) in [6.07, 6.45) is 3.93. The molecule has 1 aliphatic carbocycles. The highest BCUT2D eigenvalue weighted by molar-refractivity contribution is 5.48. The lowest BCUT2D eigenvalue weighted by atomic mass is 9.98. The lowest BCUT2D eigenvalue weighted by molar-refractivity contribution is -0.385. The number of rotatable bonds is 6. The van der Waals surface area contributed by atoms with Crippen molar-refractivity contribution in [3.8, 4) is 5.75 Å². The molecule has 5 heteroatoms. The second kappa shape index (κ2) is 6.70. The van der Waals surface area contributed by atoms with E-state index in [0.717, 1.165) is 23.9 Å². The summed E-state index contributed by atoms with van der Waals surface area (Å²) >= 11 is 0. The van der Waals surface area contributed by atoms with Gasteiger partial charge in [0.05, 0.1) is 12.0 Å². The van der Waals surface area contributed by atoms with Gasteiger partial charge in [-0.05, 0) is 36.4 Å². The van der Waals surface area contributed by atoms with Crippen molar-refractivity contribution in [2.45, 2.75) is 32.7 Å². The highest BCUT2D eigenvalue weighted by atomic mass is 16.6. The lowest BCUT2D eigenvalue weighted by Crippen LogP contribution is -2.23. The fourth-order valence-electron chi connectivity index (χ4n) is 2.92. The maximum atomic E-state index is 11.0. The molecule has 0 bridgehead atoms. The average Bonchev–Trinajstić information content (AvgIpc) is 2.84. The second-order valence-electron chi connectivity index (χ2n) is 5.56. The molecule has 0 amide bonds. The van der Waals surface area contributed by atoms with Gasteiger partial charge in [-0.15, -0.1) is 0 Å². The van der Waals surface area contributed by atoms with E-state index in [1.165, 1.54) is 26.4 Å². The van der Waals surface area contributed by atoms with E-state index in [-0.39, 0.29) is 5.69 Å². The Kier molecular flexibility index (Phi) is 4.95. The molecule has 1 aliphatic rings. The van der Waals surface area contributed by atoms with E-state index < -0.39 is 4.92 Å². The molecular formula is C15H22N2O3. The highest BCUT2D eigenvalue weighted by Gasteiger charge is 2.22. The average molecular weight is 278 g/mol. The van der Waals surface area contributed by atoms with Crippen LogP contribution in [0.2, 0.25) is 0 Å². The number of benzene rings is 1. The van der Waals surface area contributed by atoms with Gasteiger partial charge in [0.1, 0.15) is 0 Å². The van der Waals surface area contributed by atoms with Gasteiger partial charge in [-0.1, -0.05) is 25.8 Å². The quantitative estimate of drug-likeness (QED) is 0.641. The van der Waals surface area contributed by atoms with Crippen molar-refractivity contribution in [1.29, 1.82) is 0 Å². The molecule has 0 heterocycles. The first-order chi connectivity index (χ1) is 9.61. The number of hydrogen-bond donors (Lipinski definition) is 1. The number of nitrogens with one attached hydrogen (secondary N) is 1. The first kappa shape index (κ1) is 14.8. The second-order valence-corrected chi connectivity index (χ2v) is 5.56. The predicted octanol–water partition coefficient (Wildman–Crippen LogP) is 3.13. The normalized spacial score (nSPS) is 21.9. The molecule has 2 atom stereocenters. The topological polar surface area (TPSA) is 64.4 Å². The number of hydrogen-bond acceptors (Lipinski definition) is 4. The molecule has 0 aromatic heterocycles. The Morgan fingerprint density at radius 1 is 1.45 bits per heavy atom. The molecular weight excluding hydrogens is 256 g/mol. The van der Waals surface area contributed by atoms with Crippen LogP contribution in [0.4, 0.5) is 5.69 Å². The van der Waals surface area contributed by atoms with Crippen LogP contribution in [0.1, 0.15) is 31.7 Å². The van der Waals surface area contributed by atoms with Gasteiger partial charge >= 0.3 is 5.69 Å². The van der Waals surface area contributed by atoms with E-state index in [1.807, 2.05) is 6.07 Å². The molecule has 0 radical (unpaired) electrons. The number of ether oxygens (including phenoxy) is 1. The van der Waals surface area contributed by atoms with Gasteiger partial charge in [-0.25, -0.2) is 0 Å². The molecule has 1 N–H and O–H groups in total. The fraction of sp³-hybridized carbons (Fsp3) is 0.600. The number of methoxy groups -OCH3 is 1. The van der Waals surface area contributed by atoms with Crippen molar-refractivity contribution in [1.82, 2.24) is 5.32 Å². The van der Waals surface area contributed by atoms with Crippen molar-refractivity contribution < 1.29 is 9.66 Å². The first-order valence-corrected chi connectivity index (χ1v) is 7.14. The minimum atomic E-state index is -0.401. The van der Waals surface area contributed by atoms with Crippen LogP contribution in [-0.4, -0.2) is 18.6 Å². The predicted molar refractivity (Wildman–Crippen MR) is 77.9 cm³/mol. The van der Waals surface area contributed by atoms with E-state index in [2.05, 4.69) is 12.2 Å². The molecule has 0 aliphatic heterocycles. The van der Waals surface area contributed by atoms with E-state index in [0.29, 0.717) is 12.3 Å². The summed E-state index contributed by atoms with van der Waals surface area (Å²) < 4.78 is 5.00. The molecule has 1 aromatic rings. The Balaban J connectivity index is 1.92. The van der Waals surface area contributed by atoms with E-state index >= 15 is 0 Å². The molecule has 0 saturated heterocycles. The summed E-state index contributed by atoms with van der Waals surface area (Å²) in [4.78, 5) is 10.6. The SMILES string of the molecule is COc1ccc(CNCC2CCCC2C)cc1[N+](=O)[O-]. The third-order valence-electron chi connectivity index (χ3n) is 4.21.